The molecule has 1 aliphatic heterocycles. The largest absolute Gasteiger partial charge is 0.393 e. The van der Waals surface area contributed by atoms with Gasteiger partial charge in [0.15, 0.2) is 5.82 Å². The highest BCUT2D eigenvalue weighted by Gasteiger charge is 2.26. The number of anilines is 3. The molecule has 1 atom stereocenters. The van der Waals surface area contributed by atoms with Crippen LogP contribution in [-0.4, -0.2) is 66.5 Å². The molecule has 3 heterocycles. The van der Waals surface area contributed by atoms with Crippen LogP contribution >= 0.6 is 11.6 Å². The van der Waals surface area contributed by atoms with E-state index in [1.807, 2.05) is 0 Å². The molecule has 11 nitrogen and oxygen atoms in total. The van der Waals surface area contributed by atoms with Crippen molar-refractivity contribution >= 4 is 40.5 Å². The van der Waals surface area contributed by atoms with Crippen LogP contribution in [0.4, 0.5) is 23.3 Å². The van der Waals surface area contributed by atoms with Crippen molar-refractivity contribution < 1.29 is 10.2 Å². The van der Waals surface area contributed by atoms with Crippen LogP contribution in [0.3, 0.4) is 0 Å². The molecule has 1 unspecified atom stereocenters. The van der Waals surface area contributed by atoms with Gasteiger partial charge in [0, 0.05) is 31.2 Å². The first-order valence-electron chi connectivity index (χ1n) is 11.4. The number of aromatic nitrogens is 4. The fraction of sp³-hybridized carbons (Fsp3) is 0.435. The number of nitrogens with zero attached hydrogens (tertiary/aromatic N) is 7. The number of rotatable bonds is 7. The highest BCUT2D eigenvalue weighted by Crippen LogP contribution is 2.35. The Morgan fingerprint density at radius 1 is 1.29 bits per heavy atom. The number of hydrogen-bond donors (Lipinski definition) is 4. The number of halogens is 1. The van der Waals surface area contributed by atoms with E-state index in [4.69, 9.17) is 18.2 Å². The summed E-state index contributed by atoms with van der Waals surface area (Å²) >= 11 is 6.68. The summed E-state index contributed by atoms with van der Waals surface area (Å²) in [6.45, 7) is 9.09. The minimum absolute atomic E-state index is 0.172. The van der Waals surface area contributed by atoms with E-state index < -0.39 is 6.10 Å². The van der Waals surface area contributed by atoms with Gasteiger partial charge in [-0.3, -0.25) is 0 Å². The first kappa shape index (κ1) is 23.3. The van der Waals surface area contributed by atoms with Crippen LogP contribution in [0.1, 0.15) is 42.9 Å². The second kappa shape index (κ2) is 9.64. The molecule has 12 heteroatoms. The molecule has 4 N–H and O–H groups in total. The van der Waals surface area contributed by atoms with E-state index in [0.29, 0.717) is 66.8 Å². The Morgan fingerprint density at radius 3 is 2.74 bits per heavy atom. The minimum Gasteiger partial charge on any atom is -0.393 e. The van der Waals surface area contributed by atoms with Crippen molar-refractivity contribution in [2.24, 2.45) is 0 Å². The van der Waals surface area contributed by atoms with Gasteiger partial charge in [0.1, 0.15) is 0 Å². The molecular formula is C23H24ClN9O2. The average molecular weight is 494 g/mol. The van der Waals surface area contributed by atoms with Crippen molar-refractivity contribution in [2.45, 2.75) is 43.9 Å². The zero-order valence-electron chi connectivity index (χ0n) is 18.8. The number of likely N-dealkylation sites (tertiary alicyclic amines) is 1. The predicted molar refractivity (Wildman–Crippen MR) is 130 cm³/mol. The molecule has 2 aliphatic rings. The normalized spacial score (nSPS) is 17.6. The van der Waals surface area contributed by atoms with Crippen LogP contribution in [0.5, 0.6) is 0 Å². The van der Waals surface area contributed by atoms with Gasteiger partial charge in [-0.15, -0.1) is 4.52 Å². The summed E-state index contributed by atoms with van der Waals surface area (Å²) in [4.78, 5) is 14.3. The van der Waals surface area contributed by atoms with E-state index in [9.17, 15) is 15.5 Å². The van der Waals surface area contributed by atoms with Gasteiger partial charge in [-0.2, -0.15) is 10.2 Å². The second-order valence-corrected chi connectivity index (χ2v) is 9.26. The highest BCUT2D eigenvalue weighted by molar-refractivity contribution is 6.34. The lowest BCUT2D eigenvalue weighted by Gasteiger charge is -2.31. The second-order valence-electron chi connectivity index (χ2n) is 8.88. The van der Waals surface area contributed by atoms with Crippen molar-refractivity contribution in [3.05, 3.63) is 45.9 Å². The molecule has 1 aliphatic carbocycles. The zero-order chi connectivity index (χ0) is 24.5. The van der Waals surface area contributed by atoms with E-state index in [-0.39, 0.29) is 22.9 Å². The van der Waals surface area contributed by atoms with Gasteiger partial charge in [0.25, 0.3) is 17.4 Å². The smallest absolute Gasteiger partial charge is 0.275 e. The number of aliphatic hydroxyl groups is 2. The molecule has 0 radical (unpaired) electrons. The molecule has 3 aromatic rings. The Kier molecular flexibility index (Phi) is 6.41. The topological polar surface area (TPSA) is 139 Å². The summed E-state index contributed by atoms with van der Waals surface area (Å²) in [6.07, 6.45) is 3.58. The number of fused-ring (bicyclic) bond motifs is 1. The van der Waals surface area contributed by atoms with Crippen molar-refractivity contribution in [3.8, 4) is 6.07 Å². The molecule has 2 aromatic heterocycles. The van der Waals surface area contributed by atoms with E-state index in [0.717, 1.165) is 12.8 Å². The number of nitriles is 1. The van der Waals surface area contributed by atoms with Gasteiger partial charge in [-0.1, -0.05) is 23.3 Å². The first-order chi connectivity index (χ1) is 16.9. The van der Waals surface area contributed by atoms with Crippen molar-refractivity contribution in [3.63, 3.8) is 0 Å². The summed E-state index contributed by atoms with van der Waals surface area (Å²) in [5, 5.41) is 41.3. The highest BCUT2D eigenvalue weighted by atomic mass is 35.5. The fourth-order valence-corrected chi connectivity index (χ4v) is 4.41. The number of imidazole rings is 1. The lowest BCUT2D eigenvalue weighted by Crippen LogP contribution is -2.38. The summed E-state index contributed by atoms with van der Waals surface area (Å²) in [5.41, 5.74) is 1.56. The van der Waals surface area contributed by atoms with Crippen LogP contribution in [0, 0.1) is 17.9 Å². The van der Waals surface area contributed by atoms with E-state index in [1.165, 1.54) is 10.7 Å². The molecule has 2 fully saturated rings. The lowest BCUT2D eigenvalue weighted by atomic mass is 10.0. The third-order valence-corrected chi connectivity index (χ3v) is 6.62. The van der Waals surface area contributed by atoms with Crippen LogP contribution in [0.15, 0.2) is 18.3 Å². The van der Waals surface area contributed by atoms with Gasteiger partial charge < -0.3 is 30.6 Å². The summed E-state index contributed by atoms with van der Waals surface area (Å²) in [7, 11) is 0. The molecule has 0 bridgehead atoms. The van der Waals surface area contributed by atoms with Crippen LogP contribution in [-0.2, 0) is 0 Å². The SMILES string of the molecule is [C-]#[N+]c1cnc2c(NC3CC3)nc(Nc3cc(C#N)cc(C(O)CN4CCC(O)CC4)c3Cl)nn12. The zero-order valence-corrected chi connectivity index (χ0v) is 19.6. The Bertz CT molecular complexity index is 1330. The van der Waals surface area contributed by atoms with Gasteiger partial charge in [-0.05, 0) is 37.8 Å². The summed E-state index contributed by atoms with van der Waals surface area (Å²) < 4.78 is 1.41. The third-order valence-electron chi connectivity index (χ3n) is 6.20. The maximum Gasteiger partial charge on any atom is 0.275 e. The number of nitrogens with one attached hydrogen (secondary N) is 2. The predicted octanol–water partition coefficient (Wildman–Crippen LogP) is 3.01. The Labute approximate surface area is 206 Å². The molecule has 1 aromatic carbocycles. The molecule has 0 amide bonds. The Morgan fingerprint density at radius 2 is 2.06 bits per heavy atom. The molecule has 0 spiro atoms. The van der Waals surface area contributed by atoms with Gasteiger partial charge in [0.05, 0.1) is 40.7 Å². The van der Waals surface area contributed by atoms with Crippen molar-refractivity contribution in [2.75, 3.05) is 30.3 Å². The summed E-state index contributed by atoms with van der Waals surface area (Å²) in [5.74, 6) is 0.912. The van der Waals surface area contributed by atoms with E-state index in [1.54, 1.807) is 12.1 Å². The lowest BCUT2D eigenvalue weighted by molar-refractivity contribution is 0.0508. The third kappa shape index (κ3) is 4.99. The standard InChI is InChI=1S/C23H24ClN9O2/c1-26-19-11-27-22-21(28-14-2-3-14)30-23(31-33(19)22)29-17-9-13(10-25)8-16(20(17)24)18(35)12-32-6-4-15(34)5-7-32/h8-9,11,14-15,18,34-35H,2-7,12H2,(H2,28,29,30,31). The van der Waals surface area contributed by atoms with E-state index in [2.05, 4.69) is 41.5 Å². The van der Waals surface area contributed by atoms with Crippen LogP contribution in [0.25, 0.3) is 10.5 Å². The molecule has 180 valence electrons. The number of benzene rings is 1. The van der Waals surface area contributed by atoms with Crippen molar-refractivity contribution in [1.29, 1.82) is 5.26 Å². The molecule has 5 rings (SSSR count). The van der Waals surface area contributed by atoms with Crippen LogP contribution < -0.4 is 10.6 Å². The fourth-order valence-electron chi connectivity index (χ4n) is 4.13. The maximum absolute atomic E-state index is 10.9. The Balaban J connectivity index is 1.46. The molecule has 1 saturated heterocycles. The van der Waals surface area contributed by atoms with Crippen molar-refractivity contribution in [1.82, 2.24) is 24.5 Å². The van der Waals surface area contributed by atoms with Gasteiger partial charge in [-0.25, -0.2) is 4.98 Å². The van der Waals surface area contributed by atoms with E-state index >= 15 is 0 Å². The first-order valence-corrected chi connectivity index (χ1v) is 11.8. The average Bonchev–Trinajstić information content (AvgIpc) is 3.57. The Hall–Kier alpha value is -3.48. The van der Waals surface area contributed by atoms with Crippen LogP contribution in [0.2, 0.25) is 5.02 Å². The number of aliphatic hydroxyl groups excluding tert-OH is 2. The van der Waals surface area contributed by atoms with Gasteiger partial charge >= 0.3 is 0 Å². The number of piperidine rings is 1. The molecular weight excluding hydrogens is 470 g/mol. The molecule has 35 heavy (non-hydrogen) atoms. The molecule has 1 saturated carbocycles. The summed E-state index contributed by atoms with van der Waals surface area (Å²) in [6, 6.07) is 5.56. The quantitative estimate of drug-likeness (QED) is 0.366. The number of hydrogen-bond acceptors (Lipinski definition) is 9. The number of β-amino-alcohol motifs (C(OH)–C–C–N with tert-alkyl or cyclic N) is 1. The minimum atomic E-state index is -0.926. The monoisotopic (exact) mass is 493 g/mol. The maximum atomic E-state index is 10.9. The van der Waals surface area contributed by atoms with Gasteiger partial charge in [0.2, 0.25) is 0 Å².